The summed E-state index contributed by atoms with van der Waals surface area (Å²) in [5.74, 6) is 0.435. The maximum Gasteiger partial charge on any atom is 0.130 e. The molecule has 118 valence electrons. The Hall–Kier alpha value is -1.75. The number of nitrogens with zero attached hydrogens (tertiary/aromatic N) is 2. The van der Waals surface area contributed by atoms with Crippen LogP contribution in [0.1, 0.15) is 49.5 Å². The van der Waals surface area contributed by atoms with Crippen LogP contribution in [0.3, 0.4) is 0 Å². The number of halogens is 2. The quantitative estimate of drug-likeness (QED) is 0.911. The van der Waals surface area contributed by atoms with Crippen molar-refractivity contribution in [1.82, 2.24) is 14.9 Å². The number of hydrogen-bond acceptors (Lipinski definition) is 2. The molecule has 0 bridgehead atoms. The molecule has 1 aromatic heterocycles. The highest BCUT2D eigenvalue weighted by molar-refractivity contribution is 5.22. The van der Waals surface area contributed by atoms with Crippen molar-refractivity contribution in [3.8, 4) is 0 Å². The van der Waals surface area contributed by atoms with Gasteiger partial charge in [-0.1, -0.05) is 13.0 Å². The van der Waals surface area contributed by atoms with E-state index < -0.39 is 11.6 Å². The molecule has 5 heteroatoms. The number of aryl methyl sites for hydroxylation is 1. The molecule has 1 N–H and O–H groups in total. The van der Waals surface area contributed by atoms with Crippen LogP contribution >= 0.6 is 0 Å². The Bertz CT molecular complexity index is 639. The van der Waals surface area contributed by atoms with Crippen LogP contribution in [0.25, 0.3) is 0 Å². The van der Waals surface area contributed by atoms with Gasteiger partial charge in [-0.05, 0) is 25.3 Å². The lowest BCUT2D eigenvalue weighted by Crippen LogP contribution is -2.30. The third-order valence-corrected chi connectivity index (χ3v) is 4.42. The Balaban J connectivity index is 1.70. The molecule has 2 atom stereocenters. The van der Waals surface area contributed by atoms with E-state index in [-0.39, 0.29) is 6.04 Å². The third-order valence-electron chi connectivity index (χ3n) is 4.42. The van der Waals surface area contributed by atoms with E-state index in [1.807, 2.05) is 19.3 Å². The minimum Gasteiger partial charge on any atom is -0.335 e. The number of hydrogen-bond donors (Lipinski definition) is 1. The molecule has 1 aliphatic rings. The van der Waals surface area contributed by atoms with E-state index >= 15 is 0 Å². The van der Waals surface area contributed by atoms with Gasteiger partial charge < -0.3 is 9.88 Å². The highest BCUT2D eigenvalue weighted by Crippen LogP contribution is 2.27. The lowest BCUT2D eigenvalue weighted by atomic mass is 9.97. The van der Waals surface area contributed by atoms with Gasteiger partial charge in [0, 0.05) is 49.1 Å². The summed E-state index contributed by atoms with van der Waals surface area (Å²) >= 11 is 0. The third kappa shape index (κ3) is 3.04. The maximum absolute atomic E-state index is 13.9. The average Bonchev–Trinajstić information content (AvgIpc) is 2.98. The first-order valence-electron chi connectivity index (χ1n) is 7.88. The van der Waals surface area contributed by atoms with Gasteiger partial charge >= 0.3 is 0 Å². The van der Waals surface area contributed by atoms with Crippen molar-refractivity contribution in [2.24, 2.45) is 0 Å². The number of aromatic nitrogens is 2. The van der Waals surface area contributed by atoms with Crippen LogP contribution in [0, 0.1) is 11.6 Å². The first kappa shape index (κ1) is 15.2. The molecule has 0 radical (unpaired) electrons. The monoisotopic (exact) mass is 305 g/mol. The van der Waals surface area contributed by atoms with Crippen molar-refractivity contribution in [2.45, 2.75) is 44.7 Å². The van der Waals surface area contributed by atoms with Crippen LogP contribution in [-0.4, -0.2) is 16.1 Å². The van der Waals surface area contributed by atoms with Crippen molar-refractivity contribution < 1.29 is 8.78 Å². The smallest absolute Gasteiger partial charge is 0.130 e. The predicted octanol–water partition coefficient (Wildman–Crippen LogP) is 3.78. The van der Waals surface area contributed by atoms with Crippen molar-refractivity contribution in [2.75, 3.05) is 6.54 Å². The van der Waals surface area contributed by atoms with Gasteiger partial charge in [0.2, 0.25) is 0 Å². The van der Waals surface area contributed by atoms with Gasteiger partial charge in [0.1, 0.15) is 17.5 Å². The van der Waals surface area contributed by atoms with Gasteiger partial charge in [0.15, 0.2) is 0 Å². The summed E-state index contributed by atoms with van der Waals surface area (Å²) in [6.45, 7) is 3.78. The predicted molar refractivity (Wildman–Crippen MR) is 81.6 cm³/mol. The topological polar surface area (TPSA) is 29.9 Å². The zero-order valence-electron chi connectivity index (χ0n) is 12.7. The summed E-state index contributed by atoms with van der Waals surface area (Å²) in [5, 5.41) is 3.43. The highest BCUT2D eigenvalue weighted by Gasteiger charge is 2.23. The number of rotatable bonds is 5. The van der Waals surface area contributed by atoms with E-state index in [0.717, 1.165) is 44.2 Å². The Kier molecular flexibility index (Phi) is 4.52. The summed E-state index contributed by atoms with van der Waals surface area (Å²) in [5.41, 5.74) is 0.531. The van der Waals surface area contributed by atoms with Crippen LogP contribution in [0.4, 0.5) is 8.78 Å². The maximum atomic E-state index is 13.9. The van der Waals surface area contributed by atoms with Crippen LogP contribution in [0.2, 0.25) is 0 Å². The molecule has 3 rings (SSSR count). The van der Waals surface area contributed by atoms with E-state index in [1.165, 1.54) is 12.1 Å². The molecule has 3 nitrogen and oxygen atoms in total. The average molecular weight is 305 g/mol. The molecule has 0 fully saturated rings. The molecule has 2 heterocycles. The molecule has 2 aromatic rings. The largest absolute Gasteiger partial charge is 0.335 e. The fourth-order valence-corrected chi connectivity index (χ4v) is 3.24. The molecule has 0 aliphatic carbocycles. The van der Waals surface area contributed by atoms with Crippen LogP contribution in [0.5, 0.6) is 0 Å². The van der Waals surface area contributed by atoms with Gasteiger partial charge in [-0.3, -0.25) is 0 Å². The lowest BCUT2D eigenvalue weighted by molar-refractivity contribution is 0.393. The van der Waals surface area contributed by atoms with Crippen LogP contribution in [0.15, 0.2) is 30.6 Å². The minimum atomic E-state index is -0.537. The van der Waals surface area contributed by atoms with E-state index in [0.29, 0.717) is 11.5 Å². The second kappa shape index (κ2) is 6.57. The molecule has 0 saturated heterocycles. The molecule has 0 saturated carbocycles. The standard InChI is InChI=1S/C17H21F2N3/c1-2-16(14-6-5-13(18)10-15(14)19)21-11-12-4-3-8-22-9-7-20-17(12)22/h5-7,9-10,12,16,21H,2-4,8,11H2,1H3/t12-,16+/m1/s1. The van der Waals surface area contributed by atoms with E-state index in [4.69, 9.17) is 0 Å². The van der Waals surface area contributed by atoms with Gasteiger partial charge in [-0.2, -0.15) is 0 Å². The molecule has 0 spiro atoms. The highest BCUT2D eigenvalue weighted by atomic mass is 19.1. The van der Waals surface area contributed by atoms with Crippen molar-refractivity contribution in [1.29, 1.82) is 0 Å². The molecular weight excluding hydrogens is 284 g/mol. The number of fused-ring (bicyclic) bond motifs is 1. The summed E-state index contributed by atoms with van der Waals surface area (Å²) in [4.78, 5) is 4.44. The Labute approximate surface area is 129 Å². The van der Waals surface area contributed by atoms with Crippen LogP contribution in [-0.2, 0) is 6.54 Å². The van der Waals surface area contributed by atoms with E-state index in [2.05, 4.69) is 14.9 Å². The molecule has 1 aromatic carbocycles. The van der Waals surface area contributed by atoms with E-state index in [1.54, 1.807) is 0 Å². The van der Waals surface area contributed by atoms with Gasteiger partial charge in [0.05, 0.1) is 0 Å². The van der Waals surface area contributed by atoms with Gasteiger partial charge in [0.25, 0.3) is 0 Å². The van der Waals surface area contributed by atoms with E-state index in [9.17, 15) is 8.78 Å². The summed E-state index contributed by atoms with van der Waals surface area (Å²) in [6, 6.07) is 3.70. The number of nitrogens with one attached hydrogen (secondary N) is 1. The summed E-state index contributed by atoms with van der Waals surface area (Å²) in [7, 11) is 0. The van der Waals surface area contributed by atoms with Gasteiger partial charge in [-0.25, -0.2) is 13.8 Å². The number of benzene rings is 1. The second-order valence-corrected chi connectivity index (χ2v) is 5.85. The summed E-state index contributed by atoms with van der Waals surface area (Å²) < 4.78 is 29.2. The first-order chi connectivity index (χ1) is 10.7. The Morgan fingerprint density at radius 3 is 3.05 bits per heavy atom. The fourth-order valence-electron chi connectivity index (χ4n) is 3.24. The van der Waals surface area contributed by atoms with Crippen LogP contribution < -0.4 is 5.32 Å². The minimum absolute atomic E-state index is 0.106. The van der Waals surface area contributed by atoms with Crippen molar-refractivity contribution in [3.63, 3.8) is 0 Å². The molecule has 22 heavy (non-hydrogen) atoms. The molecule has 0 amide bonds. The normalized spacial score (nSPS) is 19.0. The Morgan fingerprint density at radius 1 is 1.41 bits per heavy atom. The molecular formula is C17H21F2N3. The van der Waals surface area contributed by atoms with Crippen molar-refractivity contribution in [3.05, 3.63) is 53.6 Å². The second-order valence-electron chi connectivity index (χ2n) is 5.85. The lowest BCUT2D eigenvalue weighted by Gasteiger charge is -2.26. The SMILES string of the molecule is CC[C@H](NC[C@H]1CCCn2ccnc21)c1ccc(F)cc1F. The molecule has 1 aliphatic heterocycles. The van der Waals surface area contributed by atoms with Crippen molar-refractivity contribution >= 4 is 0 Å². The number of imidazole rings is 1. The first-order valence-corrected chi connectivity index (χ1v) is 7.88. The zero-order valence-corrected chi connectivity index (χ0v) is 12.7. The van der Waals surface area contributed by atoms with Gasteiger partial charge in [-0.15, -0.1) is 0 Å². The molecule has 0 unspecified atom stereocenters. The fraction of sp³-hybridized carbons (Fsp3) is 0.471. The summed E-state index contributed by atoms with van der Waals surface area (Å²) in [6.07, 6.45) is 6.83. The Morgan fingerprint density at radius 2 is 2.27 bits per heavy atom. The zero-order chi connectivity index (χ0) is 15.5.